The van der Waals surface area contributed by atoms with E-state index < -0.39 is 17.2 Å². The van der Waals surface area contributed by atoms with Crippen LogP contribution in [0.3, 0.4) is 0 Å². The van der Waals surface area contributed by atoms with E-state index >= 15 is 0 Å². The fourth-order valence-corrected chi connectivity index (χ4v) is 1.34. The first-order valence-corrected chi connectivity index (χ1v) is 4.86. The molecule has 4 heteroatoms. The van der Waals surface area contributed by atoms with E-state index in [0.29, 0.717) is 6.42 Å². The Bertz CT molecular complexity index is 293. The lowest BCUT2D eigenvalue weighted by Gasteiger charge is -2.21. The van der Waals surface area contributed by atoms with E-state index in [1.165, 1.54) is 0 Å². The van der Waals surface area contributed by atoms with Crippen LogP contribution in [0, 0.1) is 5.92 Å². The van der Waals surface area contributed by atoms with Crippen molar-refractivity contribution in [2.45, 2.75) is 38.3 Å². The summed E-state index contributed by atoms with van der Waals surface area (Å²) in [6.07, 6.45) is 3.45. The molecule has 1 aliphatic carbocycles. The summed E-state index contributed by atoms with van der Waals surface area (Å²) in [5.41, 5.74) is -1.46. The number of amides is 1. The van der Waals surface area contributed by atoms with Gasteiger partial charge in [-0.3, -0.25) is 4.79 Å². The normalized spacial score (nSPS) is 29.1. The van der Waals surface area contributed by atoms with Gasteiger partial charge in [0.2, 0.25) is 6.29 Å². The van der Waals surface area contributed by atoms with Gasteiger partial charge in [-0.05, 0) is 27.2 Å². The second-order valence-corrected chi connectivity index (χ2v) is 4.75. The minimum Gasteiger partial charge on any atom is -0.444 e. The highest BCUT2D eigenvalue weighted by atomic mass is 16.6. The van der Waals surface area contributed by atoms with Crippen molar-refractivity contribution in [3.8, 4) is 0 Å². The first kappa shape index (κ1) is 11.8. The minimum atomic E-state index is -0.899. The summed E-state index contributed by atoms with van der Waals surface area (Å²) < 4.78 is 5.04. The van der Waals surface area contributed by atoms with Crippen LogP contribution in [0.15, 0.2) is 12.7 Å². The standard InChI is InChI=1S/C11H16NO3/c1-5-8-6-11(8,7-13)12-9(14)15-10(2,3)4/h5,8H,1,6H2,2-4H3,(H,12,14)/t8-,11+/m1/s1. The van der Waals surface area contributed by atoms with E-state index in [9.17, 15) is 9.59 Å². The van der Waals surface area contributed by atoms with Crippen LogP contribution in [0.5, 0.6) is 0 Å². The van der Waals surface area contributed by atoms with Gasteiger partial charge >= 0.3 is 6.09 Å². The summed E-state index contributed by atoms with van der Waals surface area (Å²) in [5, 5.41) is 2.52. The Morgan fingerprint density at radius 3 is 2.60 bits per heavy atom. The second-order valence-electron chi connectivity index (χ2n) is 4.75. The van der Waals surface area contributed by atoms with Crippen LogP contribution in [0.25, 0.3) is 0 Å². The Morgan fingerprint density at radius 2 is 2.27 bits per heavy atom. The maximum atomic E-state index is 11.4. The van der Waals surface area contributed by atoms with Gasteiger partial charge in [0.15, 0.2) is 0 Å². The zero-order valence-electron chi connectivity index (χ0n) is 9.29. The summed E-state index contributed by atoms with van der Waals surface area (Å²) >= 11 is 0. The zero-order chi connectivity index (χ0) is 11.7. The molecule has 4 nitrogen and oxygen atoms in total. The monoisotopic (exact) mass is 210 g/mol. The molecule has 0 heterocycles. The smallest absolute Gasteiger partial charge is 0.408 e. The van der Waals surface area contributed by atoms with Gasteiger partial charge in [0, 0.05) is 5.92 Å². The van der Waals surface area contributed by atoms with Crippen molar-refractivity contribution in [3.05, 3.63) is 12.7 Å². The van der Waals surface area contributed by atoms with Gasteiger partial charge in [-0.2, -0.15) is 0 Å². The SMILES string of the molecule is C=C[C@@H]1C[C@@]1([C]=O)NC(=O)OC(C)(C)C. The minimum absolute atomic E-state index is 0.0254. The van der Waals surface area contributed by atoms with Gasteiger partial charge in [-0.15, -0.1) is 6.58 Å². The molecule has 0 saturated heterocycles. The number of nitrogens with one attached hydrogen (secondary N) is 1. The van der Waals surface area contributed by atoms with Gasteiger partial charge < -0.3 is 10.1 Å². The average molecular weight is 210 g/mol. The predicted octanol–water partition coefficient (Wildman–Crippen LogP) is 1.57. The number of rotatable bonds is 3. The molecule has 0 aromatic heterocycles. The van der Waals surface area contributed by atoms with E-state index in [-0.39, 0.29) is 5.92 Å². The number of alkyl carbamates (subject to hydrolysis) is 1. The highest BCUT2D eigenvalue weighted by Crippen LogP contribution is 2.42. The summed E-state index contributed by atoms with van der Waals surface area (Å²) in [7, 11) is 0. The van der Waals surface area contributed by atoms with Crippen LogP contribution in [0.4, 0.5) is 4.79 Å². The topological polar surface area (TPSA) is 55.4 Å². The lowest BCUT2D eigenvalue weighted by Crippen LogP contribution is -2.42. The predicted molar refractivity (Wildman–Crippen MR) is 56.1 cm³/mol. The first-order valence-electron chi connectivity index (χ1n) is 4.86. The molecule has 0 spiro atoms. The Labute approximate surface area is 89.7 Å². The van der Waals surface area contributed by atoms with Crippen molar-refractivity contribution < 1.29 is 14.3 Å². The zero-order valence-corrected chi connectivity index (χ0v) is 9.29. The Morgan fingerprint density at radius 1 is 1.67 bits per heavy atom. The molecule has 2 atom stereocenters. The molecule has 1 rings (SSSR count). The van der Waals surface area contributed by atoms with Crippen LogP contribution in [0.2, 0.25) is 0 Å². The molecule has 0 bridgehead atoms. The molecule has 0 aromatic rings. The average Bonchev–Trinajstić information content (AvgIpc) is 2.76. The molecule has 83 valence electrons. The molecule has 0 aromatic carbocycles. The summed E-state index contributed by atoms with van der Waals surface area (Å²) in [4.78, 5) is 22.1. The van der Waals surface area contributed by atoms with E-state index in [4.69, 9.17) is 4.74 Å². The van der Waals surface area contributed by atoms with Crippen LogP contribution in [0.1, 0.15) is 27.2 Å². The third-order valence-corrected chi connectivity index (χ3v) is 2.21. The molecule has 15 heavy (non-hydrogen) atoms. The van der Waals surface area contributed by atoms with E-state index in [0.717, 1.165) is 0 Å². The lowest BCUT2D eigenvalue weighted by atomic mass is 10.2. The van der Waals surface area contributed by atoms with Crippen molar-refractivity contribution in [2.24, 2.45) is 5.92 Å². The fraction of sp³-hybridized carbons (Fsp3) is 0.636. The first-order chi connectivity index (χ1) is 6.83. The summed E-state index contributed by atoms with van der Waals surface area (Å²) in [6.45, 7) is 8.87. The Kier molecular flexibility index (Phi) is 2.88. The van der Waals surface area contributed by atoms with Crippen molar-refractivity contribution >= 4 is 12.4 Å². The van der Waals surface area contributed by atoms with Gasteiger partial charge in [0.25, 0.3) is 0 Å². The maximum Gasteiger partial charge on any atom is 0.408 e. The Balaban J connectivity index is 2.52. The second kappa shape index (κ2) is 3.68. The number of ether oxygens (including phenoxy) is 1. The third-order valence-electron chi connectivity index (χ3n) is 2.21. The number of carbonyl (C=O) groups is 1. The van der Waals surface area contributed by atoms with Crippen LogP contribution < -0.4 is 5.32 Å². The van der Waals surface area contributed by atoms with Crippen LogP contribution >= 0.6 is 0 Å². The molecule has 1 amide bonds. The van der Waals surface area contributed by atoms with Crippen LogP contribution in [-0.4, -0.2) is 23.5 Å². The Hall–Kier alpha value is -1.32. The molecule has 1 aliphatic rings. The van der Waals surface area contributed by atoms with Gasteiger partial charge in [0.1, 0.15) is 11.1 Å². The number of hydrogen-bond donors (Lipinski definition) is 1. The lowest BCUT2D eigenvalue weighted by molar-refractivity contribution is 0.0509. The quantitative estimate of drug-likeness (QED) is 0.719. The highest BCUT2D eigenvalue weighted by Gasteiger charge is 2.55. The van der Waals surface area contributed by atoms with Gasteiger partial charge in [0.05, 0.1) is 0 Å². The highest BCUT2D eigenvalue weighted by molar-refractivity contribution is 5.81. The van der Waals surface area contributed by atoms with Gasteiger partial charge in [-0.1, -0.05) is 6.08 Å². The van der Waals surface area contributed by atoms with Crippen LogP contribution in [-0.2, 0) is 9.53 Å². The molecule has 0 aliphatic heterocycles. The molecule has 1 saturated carbocycles. The number of hydrogen-bond acceptors (Lipinski definition) is 3. The molecule has 0 unspecified atom stereocenters. The largest absolute Gasteiger partial charge is 0.444 e. The summed E-state index contributed by atoms with van der Waals surface area (Å²) in [5.74, 6) is -0.0254. The number of carbonyl (C=O) groups excluding carboxylic acids is 2. The van der Waals surface area contributed by atoms with E-state index in [2.05, 4.69) is 11.9 Å². The molecular formula is C11H16NO3. The molecule has 1 N–H and O–H groups in total. The molecule has 1 fully saturated rings. The van der Waals surface area contributed by atoms with Crippen molar-refractivity contribution in [1.82, 2.24) is 5.32 Å². The van der Waals surface area contributed by atoms with Crippen molar-refractivity contribution in [1.29, 1.82) is 0 Å². The molecular weight excluding hydrogens is 194 g/mol. The van der Waals surface area contributed by atoms with Gasteiger partial charge in [-0.25, -0.2) is 4.79 Å². The molecule has 1 radical (unpaired) electrons. The third kappa shape index (κ3) is 2.81. The van der Waals surface area contributed by atoms with Crippen molar-refractivity contribution in [2.75, 3.05) is 0 Å². The summed E-state index contributed by atoms with van der Waals surface area (Å²) in [6, 6.07) is 0. The van der Waals surface area contributed by atoms with E-state index in [1.807, 2.05) is 6.29 Å². The fourth-order valence-electron chi connectivity index (χ4n) is 1.34. The van der Waals surface area contributed by atoms with Crippen molar-refractivity contribution in [3.63, 3.8) is 0 Å². The van der Waals surface area contributed by atoms with E-state index in [1.54, 1.807) is 26.8 Å². The maximum absolute atomic E-state index is 11.4.